The minimum atomic E-state index is -1.35. The van der Waals surface area contributed by atoms with Crippen molar-refractivity contribution < 1.29 is 24.5 Å². The van der Waals surface area contributed by atoms with Gasteiger partial charge >= 0.3 is 0 Å². The van der Waals surface area contributed by atoms with Crippen LogP contribution < -0.4 is 4.74 Å². The Hall–Kier alpha value is -2.21. The van der Waals surface area contributed by atoms with Gasteiger partial charge in [0.2, 0.25) is 6.29 Å². The molecule has 0 bridgehead atoms. The van der Waals surface area contributed by atoms with E-state index in [1.165, 1.54) is 7.11 Å². The Morgan fingerprint density at radius 3 is 2.22 bits per heavy atom. The van der Waals surface area contributed by atoms with E-state index in [9.17, 15) is 15.0 Å². The second kappa shape index (κ2) is 8.43. The second-order valence-electron chi connectivity index (χ2n) is 5.08. The number of carbonyl (C=O) groups is 1. The van der Waals surface area contributed by atoms with Crippen LogP contribution in [0.1, 0.15) is 22.3 Å². The highest BCUT2D eigenvalue weighted by Gasteiger charge is 2.18. The van der Waals surface area contributed by atoms with Crippen LogP contribution in [0.5, 0.6) is 5.75 Å². The molecule has 2 aromatic rings. The van der Waals surface area contributed by atoms with Gasteiger partial charge in [0.15, 0.2) is 5.78 Å². The molecular weight excluding hydrogens is 296 g/mol. The van der Waals surface area contributed by atoms with Crippen LogP contribution in [0.3, 0.4) is 0 Å². The Bertz CT molecular complexity index is 609. The highest BCUT2D eigenvalue weighted by molar-refractivity contribution is 6.08. The van der Waals surface area contributed by atoms with E-state index in [1.807, 2.05) is 18.2 Å². The molecule has 0 saturated carbocycles. The van der Waals surface area contributed by atoms with E-state index in [2.05, 4.69) is 0 Å². The third-order valence-electron chi connectivity index (χ3n) is 3.36. The molecule has 0 aliphatic heterocycles. The molecule has 2 unspecified atom stereocenters. The first-order valence-corrected chi connectivity index (χ1v) is 7.33. The first kappa shape index (κ1) is 17.1. The fourth-order valence-electron chi connectivity index (χ4n) is 2.04. The quantitative estimate of drug-likeness (QED) is 0.575. The molecule has 0 spiro atoms. The molecule has 2 N–H and O–H groups in total. The maximum absolute atomic E-state index is 12.3. The third-order valence-corrected chi connectivity index (χ3v) is 3.36. The van der Waals surface area contributed by atoms with Crippen molar-refractivity contribution in [3.05, 3.63) is 65.7 Å². The van der Waals surface area contributed by atoms with E-state index >= 15 is 0 Å². The zero-order valence-electron chi connectivity index (χ0n) is 12.9. The number of aliphatic hydroxyl groups excluding tert-OH is 2. The Morgan fingerprint density at radius 2 is 1.61 bits per heavy atom. The van der Waals surface area contributed by atoms with Crippen molar-refractivity contribution in [1.82, 2.24) is 0 Å². The van der Waals surface area contributed by atoms with Crippen molar-refractivity contribution in [2.24, 2.45) is 0 Å². The van der Waals surface area contributed by atoms with E-state index < -0.39 is 12.4 Å². The average Bonchev–Trinajstić information content (AvgIpc) is 2.60. The molecule has 23 heavy (non-hydrogen) atoms. The lowest BCUT2D eigenvalue weighted by atomic mass is 10.0. The minimum absolute atomic E-state index is 0.0853. The third kappa shape index (κ3) is 4.89. The zero-order valence-corrected chi connectivity index (χ0v) is 12.9. The molecule has 5 heteroatoms. The summed E-state index contributed by atoms with van der Waals surface area (Å²) in [7, 11) is 1.52. The van der Waals surface area contributed by atoms with Crippen LogP contribution in [0, 0.1) is 0 Å². The van der Waals surface area contributed by atoms with Crippen LogP contribution in [0.25, 0.3) is 0 Å². The van der Waals surface area contributed by atoms with Gasteiger partial charge in [0.1, 0.15) is 11.9 Å². The lowest BCUT2D eigenvalue weighted by Gasteiger charge is -2.19. The maximum Gasteiger partial charge on any atom is 0.223 e. The summed E-state index contributed by atoms with van der Waals surface area (Å²) in [5.41, 5.74) is 1.13. The van der Waals surface area contributed by atoms with Crippen LogP contribution in [0.2, 0.25) is 0 Å². The van der Waals surface area contributed by atoms with Crippen molar-refractivity contribution in [2.45, 2.75) is 18.8 Å². The highest BCUT2D eigenvalue weighted by atomic mass is 16.6. The van der Waals surface area contributed by atoms with Crippen molar-refractivity contribution in [3.8, 4) is 5.75 Å². The van der Waals surface area contributed by atoms with Gasteiger partial charge < -0.3 is 19.7 Å². The molecule has 0 saturated heterocycles. The highest BCUT2D eigenvalue weighted by Crippen LogP contribution is 2.17. The van der Waals surface area contributed by atoms with Crippen LogP contribution in [0.4, 0.5) is 0 Å². The van der Waals surface area contributed by atoms with Gasteiger partial charge in [-0.2, -0.15) is 0 Å². The molecule has 0 fully saturated rings. The molecule has 122 valence electrons. The summed E-state index contributed by atoms with van der Waals surface area (Å²) in [6.45, 7) is 0.325. The van der Waals surface area contributed by atoms with E-state index in [0.29, 0.717) is 23.5 Å². The van der Waals surface area contributed by atoms with Crippen molar-refractivity contribution in [2.75, 3.05) is 13.7 Å². The van der Waals surface area contributed by atoms with Crippen LogP contribution in [-0.4, -0.2) is 42.1 Å². The molecule has 0 radical (unpaired) electrons. The maximum atomic E-state index is 12.3. The molecule has 0 aliphatic carbocycles. The van der Waals surface area contributed by atoms with E-state index in [0.717, 1.165) is 0 Å². The molecule has 2 aromatic carbocycles. The number of benzene rings is 2. The summed E-state index contributed by atoms with van der Waals surface area (Å²) in [4.78, 5) is 12.3. The van der Waals surface area contributed by atoms with Gasteiger partial charge in [0.25, 0.3) is 0 Å². The number of ketones is 1. The Morgan fingerprint density at radius 1 is 1.00 bits per heavy atom. The van der Waals surface area contributed by atoms with Crippen LogP contribution in [0.15, 0.2) is 54.6 Å². The Kier molecular flexibility index (Phi) is 6.29. The zero-order chi connectivity index (χ0) is 16.7. The van der Waals surface area contributed by atoms with Crippen molar-refractivity contribution in [1.29, 1.82) is 0 Å². The van der Waals surface area contributed by atoms with Gasteiger partial charge in [-0.1, -0.05) is 30.3 Å². The molecule has 0 heterocycles. The first-order valence-electron chi connectivity index (χ1n) is 7.33. The Balaban J connectivity index is 1.98. The van der Waals surface area contributed by atoms with Crippen molar-refractivity contribution in [3.63, 3.8) is 0 Å². The van der Waals surface area contributed by atoms with Gasteiger partial charge in [-0.05, 0) is 24.3 Å². The minimum Gasteiger partial charge on any atom is -0.462 e. The number of rotatable bonds is 8. The predicted octanol–water partition coefficient (Wildman–Crippen LogP) is 2.01. The predicted molar refractivity (Wildman–Crippen MR) is 85.5 cm³/mol. The molecule has 2 rings (SSSR count). The summed E-state index contributed by atoms with van der Waals surface area (Å²) in [5, 5.41) is 19.5. The fourth-order valence-corrected chi connectivity index (χ4v) is 2.04. The first-order chi connectivity index (χ1) is 11.1. The van der Waals surface area contributed by atoms with E-state index in [-0.39, 0.29) is 12.2 Å². The smallest absolute Gasteiger partial charge is 0.223 e. The average molecular weight is 316 g/mol. The molecule has 0 aromatic heterocycles. The number of aliphatic hydroxyl groups is 2. The number of carbonyl (C=O) groups excluding carboxylic acids is 1. The normalized spacial score (nSPS) is 13.3. The number of methoxy groups -OCH3 is 1. The summed E-state index contributed by atoms with van der Waals surface area (Å²) in [5.74, 6) is 0.288. The summed E-state index contributed by atoms with van der Waals surface area (Å²) in [6.07, 6.45) is -2.12. The summed E-state index contributed by atoms with van der Waals surface area (Å²) < 4.78 is 10.1. The lowest BCUT2D eigenvalue weighted by Crippen LogP contribution is -2.32. The van der Waals surface area contributed by atoms with Gasteiger partial charge in [0.05, 0.1) is 0 Å². The van der Waals surface area contributed by atoms with E-state index in [1.54, 1.807) is 36.4 Å². The molecular formula is C18H20O5. The van der Waals surface area contributed by atoms with Gasteiger partial charge in [-0.25, -0.2) is 0 Å². The monoisotopic (exact) mass is 316 g/mol. The largest absolute Gasteiger partial charge is 0.462 e. The fraction of sp³-hybridized carbons (Fsp3) is 0.278. The Labute approximate surface area is 135 Å². The molecule has 0 amide bonds. The number of hydrogen-bond donors (Lipinski definition) is 2. The van der Waals surface area contributed by atoms with Gasteiger partial charge in [0, 0.05) is 31.3 Å². The lowest BCUT2D eigenvalue weighted by molar-refractivity contribution is -0.110. The van der Waals surface area contributed by atoms with Gasteiger partial charge in [-0.15, -0.1) is 0 Å². The number of hydrogen-bond acceptors (Lipinski definition) is 5. The van der Waals surface area contributed by atoms with E-state index in [4.69, 9.17) is 9.47 Å². The molecule has 2 atom stereocenters. The van der Waals surface area contributed by atoms with Gasteiger partial charge in [-0.3, -0.25) is 4.79 Å². The molecule has 5 nitrogen and oxygen atoms in total. The molecule has 0 aliphatic rings. The van der Waals surface area contributed by atoms with Crippen LogP contribution in [-0.2, 0) is 4.74 Å². The summed E-state index contributed by atoms with van der Waals surface area (Å²) >= 11 is 0. The topological polar surface area (TPSA) is 76.0 Å². The number of ether oxygens (including phenoxy) is 2. The SMILES string of the molecule is COCCC(O)C(O)Oc1ccc(C(=O)c2ccccc2)cc1. The summed E-state index contributed by atoms with van der Waals surface area (Å²) in [6, 6.07) is 15.4. The standard InChI is InChI=1S/C18H20O5/c1-22-12-11-16(19)18(21)23-15-9-7-14(8-10-15)17(20)13-5-3-2-4-6-13/h2-10,16,18-19,21H,11-12H2,1H3. The van der Waals surface area contributed by atoms with Crippen molar-refractivity contribution >= 4 is 5.78 Å². The second-order valence-corrected chi connectivity index (χ2v) is 5.08. The van der Waals surface area contributed by atoms with Crippen LogP contribution >= 0.6 is 0 Å².